The molecule has 1 heterocycles. The highest BCUT2D eigenvalue weighted by Crippen LogP contribution is 2.43. The number of hydrogen-bond acceptors (Lipinski definition) is 7. The van der Waals surface area contributed by atoms with Gasteiger partial charge in [-0.1, -0.05) is 44.2 Å². The van der Waals surface area contributed by atoms with Gasteiger partial charge in [-0.05, 0) is 99.2 Å². The standard InChI is InChI=1S/C36H32Br2N4O4/c1-6-45-31-16-25(32(37)33(38)34(31)46-20-24-12-8-7-11-23(24)18-39)19-40-42-35(41-29-14-10-9-13-26(29)36(42)43)28-17-27(21(2)3)30(44-5)15-22(28)4/h7-17,19,21H,6,20H2,1-5H3. The monoisotopic (exact) mass is 742 g/mol. The minimum Gasteiger partial charge on any atom is -0.496 e. The second-order valence-corrected chi connectivity index (χ2v) is 12.4. The summed E-state index contributed by atoms with van der Waals surface area (Å²) in [6.45, 7) is 8.60. The van der Waals surface area contributed by atoms with Gasteiger partial charge in [0.25, 0.3) is 5.56 Å². The van der Waals surface area contributed by atoms with Gasteiger partial charge in [-0.2, -0.15) is 15.0 Å². The molecule has 0 aliphatic heterocycles. The summed E-state index contributed by atoms with van der Waals surface area (Å²) >= 11 is 7.33. The molecule has 0 fully saturated rings. The largest absolute Gasteiger partial charge is 0.496 e. The Morgan fingerprint density at radius 3 is 2.48 bits per heavy atom. The van der Waals surface area contributed by atoms with Gasteiger partial charge in [0.2, 0.25) is 0 Å². The molecule has 0 N–H and O–H groups in total. The van der Waals surface area contributed by atoms with Gasteiger partial charge in [0.05, 0.1) is 46.9 Å². The molecule has 0 saturated heterocycles. The zero-order valence-electron chi connectivity index (χ0n) is 26.1. The number of nitriles is 1. The number of hydrogen-bond donors (Lipinski definition) is 0. The van der Waals surface area contributed by atoms with E-state index in [-0.39, 0.29) is 18.1 Å². The first-order valence-electron chi connectivity index (χ1n) is 14.7. The Bertz CT molecular complexity index is 2070. The molecule has 234 valence electrons. The van der Waals surface area contributed by atoms with Gasteiger partial charge in [0.1, 0.15) is 12.4 Å². The summed E-state index contributed by atoms with van der Waals surface area (Å²) < 4.78 is 20.4. The third-order valence-electron chi connectivity index (χ3n) is 7.47. The van der Waals surface area contributed by atoms with Crippen molar-refractivity contribution in [3.05, 3.63) is 114 Å². The fourth-order valence-corrected chi connectivity index (χ4v) is 6.03. The molecule has 0 atom stereocenters. The zero-order valence-corrected chi connectivity index (χ0v) is 29.3. The number of methoxy groups -OCH3 is 1. The van der Waals surface area contributed by atoms with Gasteiger partial charge in [-0.15, -0.1) is 0 Å². The highest BCUT2D eigenvalue weighted by molar-refractivity contribution is 9.13. The number of ether oxygens (including phenoxy) is 3. The first-order chi connectivity index (χ1) is 22.2. The molecule has 1 aromatic heterocycles. The van der Waals surface area contributed by atoms with Crippen LogP contribution in [0.25, 0.3) is 22.3 Å². The van der Waals surface area contributed by atoms with Gasteiger partial charge in [0, 0.05) is 21.2 Å². The van der Waals surface area contributed by atoms with Gasteiger partial charge < -0.3 is 14.2 Å². The van der Waals surface area contributed by atoms with E-state index >= 15 is 0 Å². The number of benzene rings is 4. The van der Waals surface area contributed by atoms with Crippen LogP contribution in [0.2, 0.25) is 0 Å². The van der Waals surface area contributed by atoms with E-state index in [9.17, 15) is 10.1 Å². The van der Waals surface area contributed by atoms with Crippen LogP contribution in [-0.2, 0) is 6.61 Å². The van der Waals surface area contributed by atoms with Crippen LogP contribution in [0, 0.1) is 18.3 Å². The molecule has 0 aliphatic rings. The third kappa shape index (κ3) is 6.57. The van der Waals surface area contributed by atoms with E-state index in [1.165, 1.54) is 4.68 Å². The maximum absolute atomic E-state index is 13.9. The number of nitrogens with zero attached hydrogens (tertiary/aromatic N) is 4. The molecule has 0 unspecified atom stereocenters. The molecule has 4 aromatic carbocycles. The Labute approximate surface area is 284 Å². The van der Waals surface area contributed by atoms with Crippen molar-refractivity contribution in [3.63, 3.8) is 0 Å². The predicted molar refractivity (Wildman–Crippen MR) is 188 cm³/mol. The summed E-state index contributed by atoms with van der Waals surface area (Å²) in [6, 6.07) is 22.5. The Morgan fingerprint density at radius 1 is 1.02 bits per heavy atom. The smallest absolute Gasteiger partial charge is 0.282 e. The van der Waals surface area contributed by atoms with Crippen molar-refractivity contribution in [2.45, 2.75) is 40.2 Å². The molecule has 5 rings (SSSR count). The highest BCUT2D eigenvalue weighted by atomic mass is 79.9. The van der Waals surface area contributed by atoms with Crippen LogP contribution in [0.15, 0.2) is 85.6 Å². The van der Waals surface area contributed by atoms with Crippen molar-refractivity contribution in [2.24, 2.45) is 5.10 Å². The zero-order chi connectivity index (χ0) is 33.0. The van der Waals surface area contributed by atoms with Crippen LogP contribution < -0.4 is 19.8 Å². The van der Waals surface area contributed by atoms with Crippen LogP contribution in [0.3, 0.4) is 0 Å². The van der Waals surface area contributed by atoms with Crippen molar-refractivity contribution in [2.75, 3.05) is 13.7 Å². The molecule has 0 amide bonds. The lowest BCUT2D eigenvalue weighted by Gasteiger charge is -2.18. The van der Waals surface area contributed by atoms with Gasteiger partial charge in [-0.3, -0.25) is 4.79 Å². The van der Waals surface area contributed by atoms with Crippen molar-refractivity contribution >= 4 is 49.0 Å². The molecule has 10 heteroatoms. The number of aryl methyl sites for hydroxylation is 1. The minimum atomic E-state index is -0.297. The van der Waals surface area contributed by atoms with Crippen LogP contribution in [0.1, 0.15) is 54.5 Å². The van der Waals surface area contributed by atoms with E-state index < -0.39 is 0 Å². The van der Waals surface area contributed by atoms with Crippen molar-refractivity contribution in [1.29, 1.82) is 5.26 Å². The van der Waals surface area contributed by atoms with E-state index in [0.717, 1.165) is 28.0 Å². The number of rotatable bonds is 10. The summed E-state index contributed by atoms with van der Waals surface area (Å²) in [4.78, 5) is 18.9. The molecule has 0 bridgehead atoms. The summed E-state index contributed by atoms with van der Waals surface area (Å²) in [7, 11) is 1.66. The Hall–Kier alpha value is -4.46. The average Bonchev–Trinajstić information content (AvgIpc) is 3.06. The van der Waals surface area contributed by atoms with Crippen LogP contribution in [-0.4, -0.2) is 29.6 Å². The minimum absolute atomic E-state index is 0.170. The normalized spacial score (nSPS) is 11.3. The average molecular weight is 744 g/mol. The predicted octanol–water partition coefficient (Wildman–Crippen LogP) is 8.76. The van der Waals surface area contributed by atoms with E-state index in [4.69, 9.17) is 24.3 Å². The lowest BCUT2D eigenvalue weighted by atomic mass is 9.96. The molecular formula is C36H32Br2N4O4. The molecule has 5 aromatic rings. The lowest BCUT2D eigenvalue weighted by molar-refractivity contribution is 0.267. The molecule has 8 nitrogen and oxygen atoms in total. The summed E-state index contributed by atoms with van der Waals surface area (Å²) in [5.74, 6) is 2.32. The molecular weight excluding hydrogens is 712 g/mol. The van der Waals surface area contributed by atoms with Crippen molar-refractivity contribution in [3.8, 4) is 34.7 Å². The number of para-hydroxylation sites is 1. The Balaban J connectivity index is 1.63. The van der Waals surface area contributed by atoms with E-state index in [2.05, 4.69) is 51.8 Å². The first kappa shape index (κ1) is 32.9. The SMILES string of the molecule is CCOc1cc(C=Nn2c(-c3cc(C(C)C)c(OC)cc3C)nc3ccccc3c2=O)c(Br)c(Br)c1OCc1ccccc1C#N. The molecule has 0 radical (unpaired) electrons. The molecule has 0 saturated carbocycles. The second kappa shape index (κ2) is 14.3. The molecule has 0 aliphatic carbocycles. The number of halogens is 2. The quantitative estimate of drug-likeness (QED) is 0.133. The van der Waals surface area contributed by atoms with Crippen molar-refractivity contribution < 1.29 is 14.2 Å². The first-order valence-corrected chi connectivity index (χ1v) is 16.3. The van der Waals surface area contributed by atoms with Gasteiger partial charge in [-0.25, -0.2) is 4.98 Å². The van der Waals surface area contributed by atoms with Crippen LogP contribution >= 0.6 is 31.9 Å². The second-order valence-electron chi connectivity index (χ2n) is 10.8. The number of fused-ring (bicyclic) bond motifs is 1. The fraction of sp³-hybridized carbons (Fsp3) is 0.222. The molecule has 0 spiro atoms. The summed E-state index contributed by atoms with van der Waals surface area (Å²) in [5.41, 5.74) is 4.90. The Morgan fingerprint density at radius 2 is 1.76 bits per heavy atom. The lowest BCUT2D eigenvalue weighted by Crippen LogP contribution is -2.21. The van der Waals surface area contributed by atoms with Crippen molar-refractivity contribution in [1.82, 2.24) is 9.66 Å². The third-order valence-corrected chi connectivity index (χ3v) is 9.61. The van der Waals surface area contributed by atoms with E-state index in [1.54, 1.807) is 31.5 Å². The molecule has 46 heavy (non-hydrogen) atoms. The topological polar surface area (TPSA) is 98.7 Å². The Kier molecular flexibility index (Phi) is 10.2. The van der Waals surface area contributed by atoms with Crippen LogP contribution in [0.4, 0.5) is 0 Å². The van der Waals surface area contributed by atoms with E-state index in [0.29, 0.717) is 54.9 Å². The van der Waals surface area contributed by atoms with E-state index in [1.807, 2.05) is 62.4 Å². The summed E-state index contributed by atoms with van der Waals surface area (Å²) in [6.07, 6.45) is 1.59. The number of aromatic nitrogens is 2. The highest BCUT2D eigenvalue weighted by Gasteiger charge is 2.20. The maximum atomic E-state index is 13.9. The fourth-order valence-electron chi connectivity index (χ4n) is 5.09. The van der Waals surface area contributed by atoms with Gasteiger partial charge in [0.15, 0.2) is 17.3 Å². The maximum Gasteiger partial charge on any atom is 0.282 e. The van der Waals surface area contributed by atoms with Gasteiger partial charge >= 0.3 is 0 Å². The van der Waals surface area contributed by atoms with Crippen LogP contribution in [0.5, 0.6) is 17.2 Å². The summed E-state index contributed by atoms with van der Waals surface area (Å²) in [5, 5.41) is 14.7.